The molecule has 22 nitrogen and oxygen atoms in total. The van der Waals surface area contributed by atoms with Gasteiger partial charge in [0.05, 0.1) is 73.9 Å². The van der Waals surface area contributed by atoms with Crippen LogP contribution in [0.2, 0.25) is 0 Å². The molecule has 16 rings (SSSR count). The van der Waals surface area contributed by atoms with E-state index in [1.165, 1.54) is 85.5 Å². The third-order valence-electron chi connectivity index (χ3n) is 17.8. The Balaban J connectivity index is 0.000000136. The van der Waals surface area contributed by atoms with E-state index in [0.717, 1.165) is 46.3 Å². The van der Waals surface area contributed by atoms with Gasteiger partial charge >= 0.3 is 36.0 Å². The lowest BCUT2D eigenvalue weighted by molar-refractivity contribution is -0.215. The lowest BCUT2D eigenvalue weighted by Crippen LogP contribution is -2.34. The van der Waals surface area contributed by atoms with E-state index in [-0.39, 0.29) is 51.0 Å². The fraction of sp³-hybridized carbons (Fsp3) is 0.0667. The highest BCUT2D eigenvalue weighted by Gasteiger charge is 2.40. The number of carboxylic acid groups (broad SMARTS) is 5. The molecule has 1 unspecified atom stereocenters. The molecule has 0 amide bonds. The minimum Gasteiger partial charge on any atom is -0.478 e. The first-order valence-electron chi connectivity index (χ1n) is 35.8. The van der Waals surface area contributed by atoms with Crippen molar-refractivity contribution in [3.05, 3.63) is 366 Å². The molecular weight excluding hydrogens is 1530 g/mol. The van der Waals surface area contributed by atoms with Crippen LogP contribution in [0.25, 0.3) is 96.0 Å². The van der Waals surface area contributed by atoms with Crippen molar-refractivity contribution in [2.24, 2.45) is 0 Å². The molecule has 0 saturated carbocycles. The molecule has 0 fully saturated rings. The van der Waals surface area contributed by atoms with E-state index < -0.39 is 42.1 Å². The van der Waals surface area contributed by atoms with Gasteiger partial charge in [-0.1, -0.05) is 84.9 Å². The van der Waals surface area contributed by atoms with Gasteiger partial charge < -0.3 is 34.7 Å². The topological polar surface area (TPSA) is 298 Å². The molecule has 10 aromatic carbocycles. The first-order valence-corrected chi connectivity index (χ1v) is 35.8. The van der Waals surface area contributed by atoms with E-state index in [1.807, 2.05) is 80.7 Å². The Morgan fingerprint density at radius 1 is 0.364 bits per heavy atom. The van der Waals surface area contributed by atoms with Gasteiger partial charge in [-0.3, -0.25) is 0 Å². The highest BCUT2D eigenvalue weighted by molar-refractivity contribution is 5.92. The van der Waals surface area contributed by atoms with Crippen LogP contribution in [0.1, 0.15) is 75.4 Å². The van der Waals surface area contributed by atoms with Crippen LogP contribution in [0.5, 0.6) is 5.75 Å². The number of nitrogens with zero attached hydrogens (tertiary/aromatic N) is 10. The molecule has 0 aliphatic carbocycles. The summed E-state index contributed by atoms with van der Waals surface area (Å²) < 4.78 is 98.8. The molecule has 1 atom stereocenters. The van der Waals surface area contributed by atoms with Crippen molar-refractivity contribution in [3.63, 3.8) is 0 Å². The highest BCUT2D eigenvalue weighted by Crippen LogP contribution is 2.31. The summed E-state index contributed by atoms with van der Waals surface area (Å²) in [4.78, 5) is 55.2. The first kappa shape index (κ1) is 81.7. The fourth-order valence-electron chi connectivity index (χ4n) is 11.7. The van der Waals surface area contributed by atoms with Gasteiger partial charge in [0.15, 0.2) is 5.82 Å². The van der Waals surface area contributed by atoms with Crippen LogP contribution in [0, 0.1) is 38.2 Å². The normalized spacial score (nSPS) is 11.1. The minimum absolute atomic E-state index is 0.145. The van der Waals surface area contributed by atoms with Gasteiger partial charge in [0.1, 0.15) is 40.2 Å². The number of alkyl halides is 3. The second-order valence-corrected chi connectivity index (χ2v) is 26.3. The Hall–Kier alpha value is -15.7. The maximum Gasteiger partial charge on any atom is 0.429 e. The summed E-state index contributed by atoms with van der Waals surface area (Å²) in [6, 6.07) is 73.4. The van der Waals surface area contributed by atoms with Crippen molar-refractivity contribution in [1.29, 1.82) is 0 Å². The van der Waals surface area contributed by atoms with E-state index in [1.54, 1.807) is 182 Å². The molecule has 0 bridgehead atoms. The van der Waals surface area contributed by atoms with Crippen molar-refractivity contribution in [3.8, 4) is 102 Å². The number of hydrogen-bond donors (Lipinski definition) is 5. The van der Waals surface area contributed by atoms with Gasteiger partial charge in [-0.05, 0) is 226 Å². The van der Waals surface area contributed by atoms with Gasteiger partial charge in [0, 0.05) is 64.4 Å². The maximum atomic E-state index is 14.1. The molecule has 6 aromatic heterocycles. The molecule has 592 valence electrons. The molecule has 0 radical (unpaired) electrons. The molecule has 118 heavy (non-hydrogen) atoms. The second kappa shape index (κ2) is 36.4. The summed E-state index contributed by atoms with van der Waals surface area (Å²) >= 11 is 0. The van der Waals surface area contributed by atoms with Gasteiger partial charge in [-0.2, -0.15) is 34.3 Å². The van der Waals surface area contributed by atoms with Crippen molar-refractivity contribution < 1.29 is 85.0 Å². The van der Waals surface area contributed by atoms with Gasteiger partial charge in [0.2, 0.25) is 6.17 Å². The molecule has 6 heterocycles. The lowest BCUT2D eigenvalue weighted by atomic mass is 10.1. The van der Waals surface area contributed by atoms with Crippen molar-refractivity contribution in [2.45, 2.75) is 40.0 Å². The number of furan rings is 1. The molecule has 16 aromatic rings. The Labute approximate surface area is 668 Å². The number of aromatic carboxylic acids is 5. The largest absolute Gasteiger partial charge is 0.478 e. The maximum absolute atomic E-state index is 14.1. The predicted molar refractivity (Wildman–Crippen MR) is 428 cm³/mol. The van der Waals surface area contributed by atoms with Crippen LogP contribution in [0.4, 0.5) is 26.3 Å². The van der Waals surface area contributed by atoms with E-state index in [2.05, 4.69) is 30.2 Å². The Morgan fingerprint density at radius 3 is 1.01 bits per heavy atom. The molecule has 0 spiro atoms. The number of aromatic nitrogens is 10. The third-order valence-corrected chi connectivity index (χ3v) is 17.8. The van der Waals surface area contributed by atoms with Gasteiger partial charge in [0.25, 0.3) is 0 Å². The smallest absolute Gasteiger partial charge is 0.429 e. The molecule has 28 heteroatoms. The van der Waals surface area contributed by atoms with Crippen LogP contribution in [0.3, 0.4) is 0 Å². The number of carboxylic acids is 5. The summed E-state index contributed by atoms with van der Waals surface area (Å²) in [6.45, 7) is 6.05. The average molecular weight is 1600 g/mol. The standard InChI is InChI=1S/C20H14N2O3.C19H15F3N2O3.3C17H13FN2O2/c23-20(24)16-4-1-3-15(13-16)18-10-11-22(21-18)17-8-6-14(7-9-17)19-5-2-12-25-19;1-12(20)19(21,22)27-16-7-5-15(6-8-16)24-10-9-17(23-24)13-3-2-4-14(11-13)18(25)26;1-11-4-2-7-15(16(11)18)20-9-8-14(19-20)12-5-3-6-13(10-12)17(21)22;2*1-11-5-6-16(14(18)9-11)20-8-7-15(19-20)12-3-2-4-13(10-12)17(21)22/h1-13H,(H,23,24);2-12H,1H3,(H,25,26);3*2-10H,1H3,(H,21,22). The quantitative estimate of drug-likeness (QED) is 0.0470. The summed E-state index contributed by atoms with van der Waals surface area (Å²) in [7, 11) is 0. The lowest BCUT2D eigenvalue weighted by Gasteiger charge is -2.19. The summed E-state index contributed by atoms with van der Waals surface area (Å²) in [5.74, 6) is -5.35. The van der Waals surface area contributed by atoms with Gasteiger partial charge in [-0.15, -0.1) is 0 Å². The zero-order valence-electron chi connectivity index (χ0n) is 62.8. The Morgan fingerprint density at radius 2 is 0.686 bits per heavy atom. The SMILES string of the molecule is CC(F)C(F)(F)Oc1ccc(-n2ccc(-c3cccc(C(=O)O)c3)n2)cc1.Cc1ccc(-n2ccc(-c3cccc(C(=O)O)c3)n2)c(F)c1.Cc1ccc(-n2ccc(-c3cccc(C(=O)O)c3)n2)c(F)c1.Cc1cccc(-n2ccc(-c3cccc(C(=O)O)c3)n2)c1F.O=C(O)c1cccc(-c2ccn(-c3ccc(-c4ccco4)cc3)n2)c1. The number of rotatable bonds is 19. The fourth-order valence-corrected chi connectivity index (χ4v) is 11.7. The number of benzene rings is 10. The molecule has 0 aliphatic rings. The number of halogens is 6. The van der Waals surface area contributed by atoms with E-state index in [0.29, 0.717) is 73.3 Å². The number of carbonyl (C=O) groups is 5. The summed E-state index contributed by atoms with van der Waals surface area (Å²) in [6.07, 6.45) is 3.76. The van der Waals surface area contributed by atoms with Crippen molar-refractivity contribution >= 4 is 29.8 Å². The third kappa shape index (κ3) is 20.2. The Bertz CT molecular complexity index is 6150. The zero-order valence-corrected chi connectivity index (χ0v) is 62.8. The van der Waals surface area contributed by atoms with E-state index in [9.17, 15) is 50.3 Å². The molecule has 0 saturated heterocycles. The predicted octanol–water partition coefficient (Wildman–Crippen LogP) is 20.1. The molecule has 5 N–H and O–H groups in total. The average Bonchev–Trinajstić information content (AvgIpc) is 1.79. The van der Waals surface area contributed by atoms with Gasteiger partial charge in [-0.25, -0.2) is 64.9 Å². The van der Waals surface area contributed by atoms with Crippen molar-refractivity contribution in [2.75, 3.05) is 0 Å². The number of ether oxygens (including phenoxy) is 1. The van der Waals surface area contributed by atoms with E-state index >= 15 is 0 Å². The molecular formula is C90H68F6N10O12. The molecule has 0 aliphatic heterocycles. The van der Waals surface area contributed by atoms with Crippen molar-refractivity contribution in [1.82, 2.24) is 48.9 Å². The Kier molecular flexibility index (Phi) is 25.2. The second-order valence-electron chi connectivity index (χ2n) is 26.3. The van der Waals surface area contributed by atoms with Crippen LogP contribution >= 0.6 is 0 Å². The zero-order chi connectivity index (χ0) is 83.9. The number of hydrogen-bond acceptors (Lipinski definition) is 12. The van der Waals surface area contributed by atoms with Crippen LogP contribution in [0.15, 0.2) is 309 Å². The monoisotopic (exact) mass is 1590 g/mol. The van der Waals surface area contributed by atoms with Crippen LogP contribution in [-0.2, 0) is 0 Å². The van der Waals surface area contributed by atoms with E-state index in [4.69, 9.17) is 29.9 Å². The minimum atomic E-state index is -3.91. The van der Waals surface area contributed by atoms with Crippen LogP contribution < -0.4 is 4.74 Å². The number of aryl methyl sites for hydroxylation is 3. The summed E-state index contributed by atoms with van der Waals surface area (Å²) in [5, 5.41) is 67.2. The first-order chi connectivity index (χ1) is 56.6. The van der Waals surface area contributed by atoms with Crippen LogP contribution in [-0.4, -0.2) is 117 Å². The highest BCUT2D eigenvalue weighted by atomic mass is 19.3. The summed E-state index contributed by atoms with van der Waals surface area (Å²) in [5.41, 5.74) is 13.2.